The predicted molar refractivity (Wildman–Crippen MR) is 91.4 cm³/mol. The Hall–Kier alpha value is -1.76. The van der Waals surface area contributed by atoms with Crippen molar-refractivity contribution in [3.8, 4) is 0 Å². The molecule has 0 amide bonds. The minimum absolute atomic E-state index is 0.105. The largest absolute Gasteiger partial charge is 0.389 e. The van der Waals surface area contributed by atoms with Gasteiger partial charge < -0.3 is 9.84 Å². The highest BCUT2D eigenvalue weighted by molar-refractivity contribution is 5.31. The highest BCUT2D eigenvalue weighted by atomic mass is 16.5. The van der Waals surface area contributed by atoms with Crippen LogP contribution in [0.3, 0.4) is 0 Å². The third kappa shape index (κ3) is 4.20. The first kappa shape index (κ1) is 17.1. The van der Waals surface area contributed by atoms with Gasteiger partial charge in [-0.05, 0) is 37.4 Å². The zero-order chi connectivity index (χ0) is 16.9. The molecule has 0 radical (unpaired) electrons. The maximum Gasteiger partial charge on any atom is 0.140 e. The third-order valence-corrected chi connectivity index (χ3v) is 4.54. The van der Waals surface area contributed by atoms with Gasteiger partial charge in [0.2, 0.25) is 0 Å². The van der Waals surface area contributed by atoms with Gasteiger partial charge >= 0.3 is 0 Å². The molecule has 2 aromatic rings. The summed E-state index contributed by atoms with van der Waals surface area (Å²) in [6.45, 7) is 1.54. The van der Waals surface area contributed by atoms with Gasteiger partial charge in [-0.2, -0.15) is 5.10 Å². The van der Waals surface area contributed by atoms with Crippen LogP contribution in [0.5, 0.6) is 0 Å². The number of hydrogen-bond donors (Lipinski definition) is 1. The van der Waals surface area contributed by atoms with Gasteiger partial charge in [-0.3, -0.25) is 9.58 Å². The first-order chi connectivity index (χ1) is 11.6. The number of rotatable bonds is 7. The number of aliphatic hydroxyl groups excluding tert-OH is 1. The maximum atomic E-state index is 10.3. The molecule has 0 saturated heterocycles. The van der Waals surface area contributed by atoms with Crippen LogP contribution in [0.2, 0.25) is 0 Å². The summed E-state index contributed by atoms with van der Waals surface area (Å²) in [6, 6.07) is 8.46. The number of ether oxygens (including phenoxy) is 1. The predicted octanol–water partition coefficient (Wildman–Crippen LogP) is 1.70. The van der Waals surface area contributed by atoms with Crippen LogP contribution in [0, 0.1) is 0 Å². The lowest BCUT2D eigenvalue weighted by Crippen LogP contribution is -2.33. The molecule has 0 bridgehead atoms. The van der Waals surface area contributed by atoms with E-state index >= 15 is 0 Å². The van der Waals surface area contributed by atoms with Gasteiger partial charge in [0.15, 0.2) is 0 Å². The smallest absolute Gasteiger partial charge is 0.140 e. The summed E-state index contributed by atoms with van der Waals surface area (Å²) >= 11 is 0. The van der Waals surface area contributed by atoms with Gasteiger partial charge in [-0.15, -0.1) is 0 Å². The highest BCUT2D eigenvalue weighted by Crippen LogP contribution is 2.32. The molecule has 0 aliphatic heterocycles. The monoisotopic (exact) mass is 330 g/mol. The van der Waals surface area contributed by atoms with E-state index in [2.05, 4.69) is 34.3 Å². The molecular formula is C18H26N4O2. The fraction of sp³-hybridized carbons (Fsp3) is 0.556. The van der Waals surface area contributed by atoms with E-state index in [1.807, 2.05) is 19.0 Å². The average Bonchev–Trinajstić information content (AvgIpc) is 2.97. The maximum absolute atomic E-state index is 10.3. The molecule has 0 fully saturated rings. The van der Waals surface area contributed by atoms with Crippen LogP contribution < -0.4 is 0 Å². The summed E-state index contributed by atoms with van der Waals surface area (Å²) < 4.78 is 7.77. The Bertz CT molecular complexity index is 658. The van der Waals surface area contributed by atoms with Crippen molar-refractivity contribution < 1.29 is 9.84 Å². The molecule has 2 atom stereocenters. The molecule has 130 valence electrons. The number of nitrogens with zero attached hydrogens (tertiary/aromatic N) is 4. The molecule has 0 saturated carbocycles. The molecule has 24 heavy (non-hydrogen) atoms. The van der Waals surface area contributed by atoms with E-state index in [9.17, 15) is 5.11 Å². The van der Waals surface area contributed by atoms with Gasteiger partial charge in [-0.25, -0.2) is 4.98 Å². The SMILES string of the molecule is CN(Cc1ncnn1C)CC(O)COC1CCCc2ccccc21. The zero-order valence-corrected chi connectivity index (χ0v) is 14.4. The molecule has 1 heterocycles. The Kier molecular flexibility index (Phi) is 5.60. The summed E-state index contributed by atoms with van der Waals surface area (Å²) in [5.74, 6) is 0.881. The zero-order valence-electron chi connectivity index (χ0n) is 14.4. The van der Waals surface area contributed by atoms with Crippen LogP contribution in [-0.2, 0) is 24.8 Å². The molecule has 0 spiro atoms. The summed E-state index contributed by atoms with van der Waals surface area (Å²) in [5, 5.41) is 14.3. The van der Waals surface area contributed by atoms with Crippen molar-refractivity contribution >= 4 is 0 Å². The summed E-state index contributed by atoms with van der Waals surface area (Å²) in [6.07, 6.45) is 4.43. The van der Waals surface area contributed by atoms with Crippen molar-refractivity contribution in [3.05, 3.63) is 47.5 Å². The Balaban J connectivity index is 1.48. The lowest BCUT2D eigenvalue weighted by Gasteiger charge is -2.27. The molecule has 6 nitrogen and oxygen atoms in total. The summed E-state index contributed by atoms with van der Waals surface area (Å²) in [7, 11) is 3.84. The van der Waals surface area contributed by atoms with E-state index in [1.165, 1.54) is 11.1 Å². The second-order valence-electron chi connectivity index (χ2n) is 6.56. The first-order valence-corrected chi connectivity index (χ1v) is 8.52. The summed E-state index contributed by atoms with van der Waals surface area (Å²) in [4.78, 5) is 6.24. The normalized spacial score (nSPS) is 18.6. The fourth-order valence-corrected chi connectivity index (χ4v) is 3.29. The van der Waals surface area contributed by atoms with Crippen molar-refractivity contribution in [1.29, 1.82) is 0 Å². The Morgan fingerprint density at radius 1 is 1.42 bits per heavy atom. The second kappa shape index (κ2) is 7.88. The molecule has 1 aliphatic carbocycles. The Labute approximate surface area is 143 Å². The molecule has 1 aliphatic rings. The standard InChI is InChI=1S/C18H26N4O2/c1-21(11-18-19-13-20-22(18)2)10-15(23)12-24-17-9-5-7-14-6-3-4-8-16(14)17/h3-4,6,8,13,15,17,23H,5,7,9-12H2,1-2H3. The quantitative estimate of drug-likeness (QED) is 0.837. The van der Waals surface area contributed by atoms with E-state index in [-0.39, 0.29) is 6.10 Å². The fourth-order valence-electron chi connectivity index (χ4n) is 3.29. The number of aromatic nitrogens is 3. The number of hydrogen-bond acceptors (Lipinski definition) is 5. The molecule has 6 heteroatoms. The van der Waals surface area contributed by atoms with Crippen molar-refractivity contribution in [3.63, 3.8) is 0 Å². The number of aliphatic hydroxyl groups is 1. The number of aryl methyl sites for hydroxylation is 2. The molecule has 1 aromatic carbocycles. The number of fused-ring (bicyclic) bond motifs is 1. The first-order valence-electron chi connectivity index (χ1n) is 8.52. The van der Waals surface area contributed by atoms with Gasteiger partial charge in [0.25, 0.3) is 0 Å². The summed E-state index contributed by atoms with van der Waals surface area (Å²) in [5.41, 5.74) is 2.66. The van der Waals surface area contributed by atoms with Crippen molar-refractivity contribution in [2.45, 2.75) is 38.0 Å². The lowest BCUT2D eigenvalue weighted by molar-refractivity contribution is -0.0268. The van der Waals surface area contributed by atoms with Crippen LogP contribution in [0.1, 0.15) is 35.9 Å². The lowest BCUT2D eigenvalue weighted by atomic mass is 9.89. The van der Waals surface area contributed by atoms with Crippen LogP contribution >= 0.6 is 0 Å². The molecular weight excluding hydrogens is 304 g/mol. The van der Waals surface area contributed by atoms with Crippen LogP contribution in [0.25, 0.3) is 0 Å². The topological polar surface area (TPSA) is 63.4 Å². The molecule has 3 rings (SSSR count). The number of benzene rings is 1. The third-order valence-electron chi connectivity index (χ3n) is 4.54. The van der Waals surface area contributed by atoms with Gasteiger partial charge in [-0.1, -0.05) is 24.3 Å². The molecule has 2 unspecified atom stereocenters. The van der Waals surface area contributed by atoms with Gasteiger partial charge in [0.05, 0.1) is 25.4 Å². The van der Waals surface area contributed by atoms with Crippen LogP contribution in [-0.4, -0.2) is 51.1 Å². The van der Waals surface area contributed by atoms with Crippen molar-refractivity contribution in [2.24, 2.45) is 7.05 Å². The average molecular weight is 330 g/mol. The Morgan fingerprint density at radius 3 is 3.04 bits per heavy atom. The van der Waals surface area contributed by atoms with E-state index in [4.69, 9.17) is 4.74 Å². The minimum Gasteiger partial charge on any atom is -0.389 e. The minimum atomic E-state index is -0.516. The number of likely N-dealkylation sites (N-methyl/N-ethyl adjacent to an activating group) is 1. The second-order valence-corrected chi connectivity index (χ2v) is 6.56. The van der Waals surface area contributed by atoms with E-state index in [0.29, 0.717) is 19.7 Å². The van der Waals surface area contributed by atoms with Gasteiger partial charge in [0, 0.05) is 13.6 Å². The van der Waals surface area contributed by atoms with E-state index < -0.39 is 6.10 Å². The van der Waals surface area contributed by atoms with Gasteiger partial charge in [0.1, 0.15) is 12.2 Å². The Morgan fingerprint density at radius 2 is 2.25 bits per heavy atom. The van der Waals surface area contributed by atoms with Crippen molar-refractivity contribution in [2.75, 3.05) is 20.2 Å². The van der Waals surface area contributed by atoms with E-state index in [1.54, 1.807) is 11.0 Å². The van der Waals surface area contributed by atoms with Crippen molar-refractivity contribution in [1.82, 2.24) is 19.7 Å². The molecule has 1 aromatic heterocycles. The highest BCUT2D eigenvalue weighted by Gasteiger charge is 2.21. The molecule has 1 N–H and O–H groups in total. The van der Waals surface area contributed by atoms with E-state index in [0.717, 1.165) is 25.1 Å². The van der Waals surface area contributed by atoms with Crippen LogP contribution in [0.4, 0.5) is 0 Å². The van der Waals surface area contributed by atoms with Crippen LogP contribution in [0.15, 0.2) is 30.6 Å².